The van der Waals surface area contributed by atoms with E-state index in [0.29, 0.717) is 0 Å². The van der Waals surface area contributed by atoms with E-state index in [1.54, 1.807) is 12.4 Å². The van der Waals surface area contributed by atoms with Crippen LogP contribution in [0, 0.1) is 13.8 Å². The molecule has 0 fully saturated rings. The fourth-order valence-electron chi connectivity index (χ4n) is 2.39. The van der Waals surface area contributed by atoms with Gasteiger partial charge in [-0.05, 0) is 48.7 Å². The normalized spacial score (nSPS) is 10.7. The first-order valence-corrected chi connectivity index (χ1v) is 6.74. The van der Waals surface area contributed by atoms with E-state index >= 15 is 0 Å². The molecule has 0 spiro atoms. The van der Waals surface area contributed by atoms with Crippen LogP contribution in [0.1, 0.15) is 16.7 Å². The van der Waals surface area contributed by atoms with E-state index in [4.69, 9.17) is 0 Å². The second-order valence-electron chi connectivity index (χ2n) is 4.98. The molecule has 0 bridgehead atoms. The van der Waals surface area contributed by atoms with E-state index < -0.39 is 0 Å². The van der Waals surface area contributed by atoms with E-state index in [1.807, 2.05) is 18.2 Å². The summed E-state index contributed by atoms with van der Waals surface area (Å²) in [5.41, 5.74) is 6.90. The van der Waals surface area contributed by atoms with Crippen molar-refractivity contribution in [2.75, 3.05) is 5.32 Å². The number of nitrogens with zero attached hydrogens (tertiary/aromatic N) is 2. The maximum Gasteiger partial charge on any atom is 0.0907 e. The molecule has 1 N–H and O–H groups in total. The minimum absolute atomic E-state index is 0.824. The molecule has 0 unspecified atom stereocenters. The highest BCUT2D eigenvalue weighted by molar-refractivity contribution is 5.78. The van der Waals surface area contributed by atoms with Crippen molar-refractivity contribution in [1.29, 1.82) is 0 Å². The van der Waals surface area contributed by atoms with Crippen LogP contribution in [0.3, 0.4) is 0 Å². The number of aryl methyl sites for hydroxylation is 2. The summed E-state index contributed by atoms with van der Waals surface area (Å²) in [6.45, 7) is 5.12. The number of nitrogens with one attached hydrogen (secondary N) is 1. The van der Waals surface area contributed by atoms with Crippen LogP contribution in [0.2, 0.25) is 0 Å². The average molecular weight is 263 g/mol. The summed E-state index contributed by atoms with van der Waals surface area (Å²) in [6, 6.07) is 12.5. The predicted molar refractivity (Wildman–Crippen MR) is 82.8 cm³/mol. The molecular weight excluding hydrogens is 246 g/mol. The largest absolute Gasteiger partial charge is 0.381 e. The lowest BCUT2D eigenvalue weighted by molar-refractivity contribution is 1.09. The Bertz CT molecular complexity index is 730. The monoisotopic (exact) mass is 263 g/mol. The van der Waals surface area contributed by atoms with Crippen molar-refractivity contribution in [2.24, 2.45) is 0 Å². The molecule has 3 heteroatoms. The number of aromatic nitrogens is 2. The molecule has 0 saturated heterocycles. The van der Waals surface area contributed by atoms with Crippen LogP contribution < -0.4 is 5.32 Å². The number of fused-ring (bicyclic) bond motifs is 1. The van der Waals surface area contributed by atoms with Crippen LogP contribution in [0.25, 0.3) is 11.0 Å². The van der Waals surface area contributed by atoms with Crippen LogP contribution in [-0.4, -0.2) is 9.97 Å². The van der Waals surface area contributed by atoms with Gasteiger partial charge >= 0.3 is 0 Å². The van der Waals surface area contributed by atoms with Gasteiger partial charge in [-0.2, -0.15) is 0 Å². The molecule has 2 aromatic carbocycles. The quantitative estimate of drug-likeness (QED) is 0.779. The molecule has 0 aliphatic rings. The Morgan fingerprint density at radius 2 is 1.60 bits per heavy atom. The van der Waals surface area contributed by atoms with Gasteiger partial charge in [0.2, 0.25) is 0 Å². The first-order chi connectivity index (χ1) is 9.74. The lowest BCUT2D eigenvalue weighted by Crippen LogP contribution is -2.03. The maximum absolute atomic E-state index is 4.33. The molecule has 1 aromatic heterocycles. The first kappa shape index (κ1) is 12.6. The summed E-state index contributed by atoms with van der Waals surface area (Å²) in [5.74, 6) is 0. The van der Waals surface area contributed by atoms with E-state index in [2.05, 4.69) is 47.3 Å². The van der Waals surface area contributed by atoms with Gasteiger partial charge in [0.25, 0.3) is 0 Å². The van der Waals surface area contributed by atoms with Gasteiger partial charge in [-0.25, -0.2) is 0 Å². The Balaban J connectivity index is 1.83. The predicted octanol–water partition coefficient (Wildman–Crippen LogP) is 3.86. The van der Waals surface area contributed by atoms with Gasteiger partial charge < -0.3 is 5.32 Å². The van der Waals surface area contributed by atoms with Crippen molar-refractivity contribution in [3.63, 3.8) is 0 Å². The van der Waals surface area contributed by atoms with Crippen LogP contribution in [0.4, 0.5) is 5.69 Å². The van der Waals surface area contributed by atoms with Crippen molar-refractivity contribution in [2.45, 2.75) is 20.4 Å². The molecule has 0 atom stereocenters. The van der Waals surface area contributed by atoms with Gasteiger partial charge in [0.1, 0.15) is 0 Å². The van der Waals surface area contributed by atoms with Crippen molar-refractivity contribution in [3.8, 4) is 0 Å². The van der Waals surface area contributed by atoms with E-state index in [0.717, 1.165) is 23.3 Å². The zero-order chi connectivity index (χ0) is 13.9. The molecule has 0 aliphatic carbocycles. The highest BCUT2D eigenvalue weighted by Crippen LogP contribution is 2.18. The Labute approximate surface area is 118 Å². The summed E-state index contributed by atoms with van der Waals surface area (Å²) in [5, 5.41) is 3.47. The minimum atomic E-state index is 0.824. The van der Waals surface area contributed by atoms with Crippen LogP contribution >= 0.6 is 0 Å². The number of anilines is 1. The van der Waals surface area contributed by atoms with Crippen LogP contribution in [0.5, 0.6) is 0 Å². The summed E-state index contributed by atoms with van der Waals surface area (Å²) in [4.78, 5) is 8.61. The summed E-state index contributed by atoms with van der Waals surface area (Å²) < 4.78 is 0. The molecule has 0 radical (unpaired) electrons. The zero-order valence-corrected chi connectivity index (χ0v) is 11.7. The van der Waals surface area contributed by atoms with Crippen LogP contribution in [-0.2, 0) is 6.54 Å². The standard InChI is InChI=1S/C17H17N3/c1-12-4-3-5-13(2)15(12)11-20-14-6-7-16-17(10-14)19-9-8-18-16/h3-10,20H,11H2,1-2H3. The van der Waals surface area contributed by atoms with Gasteiger partial charge in [0.05, 0.1) is 11.0 Å². The lowest BCUT2D eigenvalue weighted by Gasteiger charge is -2.12. The number of benzene rings is 2. The number of hydrogen-bond acceptors (Lipinski definition) is 3. The van der Waals surface area contributed by atoms with Gasteiger partial charge in [-0.3, -0.25) is 9.97 Å². The third-order valence-electron chi connectivity index (χ3n) is 3.58. The van der Waals surface area contributed by atoms with Crippen LogP contribution in [0.15, 0.2) is 48.8 Å². The molecule has 1 heterocycles. The molecule has 0 amide bonds. The van der Waals surface area contributed by atoms with Crippen molar-refractivity contribution >= 4 is 16.7 Å². The van der Waals surface area contributed by atoms with Crippen molar-refractivity contribution in [1.82, 2.24) is 9.97 Å². The third kappa shape index (κ3) is 2.48. The molecular formula is C17H17N3. The smallest absolute Gasteiger partial charge is 0.0907 e. The van der Waals surface area contributed by atoms with E-state index in [-0.39, 0.29) is 0 Å². The lowest BCUT2D eigenvalue weighted by atomic mass is 10.0. The average Bonchev–Trinajstić information content (AvgIpc) is 2.46. The van der Waals surface area contributed by atoms with Gasteiger partial charge in [-0.1, -0.05) is 18.2 Å². The highest BCUT2D eigenvalue weighted by Gasteiger charge is 2.03. The third-order valence-corrected chi connectivity index (χ3v) is 3.58. The molecule has 20 heavy (non-hydrogen) atoms. The Morgan fingerprint density at radius 1 is 0.900 bits per heavy atom. The molecule has 100 valence electrons. The first-order valence-electron chi connectivity index (χ1n) is 6.74. The van der Waals surface area contributed by atoms with Crippen molar-refractivity contribution in [3.05, 3.63) is 65.5 Å². The molecule has 0 aliphatic heterocycles. The number of rotatable bonds is 3. The van der Waals surface area contributed by atoms with E-state index in [9.17, 15) is 0 Å². The second-order valence-corrected chi connectivity index (χ2v) is 4.98. The molecule has 3 aromatic rings. The maximum atomic E-state index is 4.33. The summed E-state index contributed by atoms with van der Waals surface area (Å²) >= 11 is 0. The molecule has 0 saturated carbocycles. The summed E-state index contributed by atoms with van der Waals surface area (Å²) in [7, 11) is 0. The minimum Gasteiger partial charge on any atom is -0.381 e. The molecule has 3 nitrogen and oxygen atoms in total. The van der Waals surface area contributed by atoms with Crippen molar-refractivity contribution < 1.29 is 0 Å². The fourth-order valence-corrected chi connectivity index (χ4v) is 2.39. The Hall–Kier alpha value is -2.42. The fraction of sp³-hybridized carbons (Fsp3) is 0.176. The molecule has 3 rings (SSSR count). The van der Waals surface area contributed by atoms with Gasteiger partial charge in [0, 0.05) is 24.6 Å². The topological polar surface area (TPSA) is 37.8 Å². The zero-order valence-electron chi connectivity index (χ0n) is 11.7. The SMILES string of the molecule is Cc1cccc(C)c1CNc1ccc2nccnc2c1. The second kappa shape index (κ2) is 5.29. The van der Waals surface area contributed by atoms with Gasteiger partial charge in [-0.15, -0.1) is 0 Å². The number of hydrogen-bond donors (Lipinski definition) is 1. The Morgan fingerprint density at radius 3 is 2.35 bits per heavy atom. The highest BCUT2D eigenvalue weighted by atomic mass is 14.9. The Kier molecular flexibility index (Phi) is 3.33. The van der Waals surface area contributed by atoms with E-state index in [1.165, 1.54) is 16.7 Å². The summed E-state index contributed by atoms with van der Waals surface area (Å²) in [6.07, 6.45) is 3.43. The van der Waals surface area contributed by atoms with Gasteiger partial charge in [0.15, 0.2) is 0 Å².